The van der Waals surface area contributed by atoms with Crippen molar-refractivity contribution in [2.24, 2.45) is 0 Å². The molecule has 0 aliphatic carbocycles. The molecule has 0 atom stereocenters. The molecule has 0 aliphatic heterocycles. The van der Waals surface area contributed by atoms with Crippen LogP contribution in [0.4, 0.5) is 0 Å². The molecule has 0 fully saturated rings. The van der Waals surface area contributed by atoms with E-state index in [1.165, 1.54) is 23.3 Å². The minimum absolute atomic E-state index is 0.0867. The molecule has 19 heavy (non-hydrogen) atoms. The predicted molar refractivity (Wildman–Crippen MR) is 71.9 cm³/mol. The van der Waals surface area contributed by atoms with Gasteiger partial charge in [0.1, 0.15) is 18.0 Å². The fourth-order valence-corrected chi connectivity index (χ4v) is 2.22. The Labute approximate surface area is 115 Å². The van der Waals surface area contributed by atoms with Crippen molar-refractivity contribution < 1.29 is 19.4 Å². The number of ether oxygens (including phenoxy) is 1. The highest BCUT2D eigenvalue weighted by Crippen LogP contribution is 2.18. The average Bonchev–Trinajstić information content (AvgIpc) is 2.89. The van der Waals surface area contributed by atoms with Gasteiger partial charge in [0.15, 0.2) is 0 Å². The summed E-state index contributed by atoms with van der Waals surface area (Å²) < 4.78 is 4.55. The first-order valence-corrected chi connectivity index (χ1v) is 6.55. The SMILES string of the molecule is CCN(CC(=O)OC)C(=O)c1sccc1C#CCO. The first-order chi connectivity index (χ1) is 9.13. The van der Waals surface area contributed by atoms with E-state index < -0.39 is 5.97 Å². The van der Waals surface area contributed by atoms with Crippen LogP contribution in [0, 0.1) is 11.8 Å². The number of carbonyl (C=O) groups excluding carboxylic acids is 2. The van der Waals surface area contributed by atoms with Crippen LogP contribution in [-0.2, 0) is 9.53 Å². The minimum atomic E-state index is -0.463. The minimum Gasteiger partial charge on any atom is -0.468 e. The van der Waals surface area contributed by atoms with E-state index in [-0.39, 0.29) is 19.1 Å². The molecule has 0 bridgehead atoms. The van der Waals surface area contributed by atoms with Gasteiger partial charge in [-0.05, 0) is 18.4 Å². The lowest BCUT2D eigenvalue weighted by atomic mass is 10.2. The van der Waals surface area contributed by atoms with E-state index in [1.807, 2.05) is 0 Å². The van der Waals surface area contributed by atoms with Gasteiger partial charge in [0.2, 0.25) is 0 Å². The van der Waals surface area contributed by atoms with Crippen LogP contribution in [0.5, 0.6) is 0 Å². The van der Waals surface area contributed by atoms with Gasteiger partial charge >= 0.3 is 5.97 Å². The summed E-state index contributed by atoms with van der Waals surface area (Å²) in [4.78, 5) is 25.4. The Hall–Kier alpha value is -1.84. The predicted octanol–water partition coefficient (Wildman–Crippen LogP) is 0.727. The Morgan fingerprint density at radius 3 is 2.84 bits per heavy atom. The van der Waals surface area contributed by atoms with Gasteiger partial charge in [0.05, 0.1) is 7.11 Å². The van der Waals surface area contributed by atoms with Crippen LogP contribution in [0.25, 0.3) is 0 Å². The molecule has 1 amide bonds. The van der Waals surface area contributed by atoms with Gasteiger partial charge in [-0.1, -0.05) is 11.8 Å². The molecule has 102 valence electrons. The zero-order valence-electron chi connectivity index (χ0n) is 10.8. The Balaban J connectivity index is 2.91. The van der Waals surface area contributed by atoms with Crippen molar-refractivity contribution in [3.63, 3.8) is 0 Å². The summed E-state index contributed by atoms with van der Waals surface area (Å²) in [5.41, 5.74) is 0.562. The number of hydrogen-bond acceptors (Lipinski definition) is 5. The number of rotatable bonds is 4. The van der Waals surface area contributed by atoms with Gasteiger partial charge in [-0.3, -0.25) is 9.59 Å². The van der Waals surface area contributed by atoms with E-state index in [1.54, 1.807) is 18.4 Å². The highest BCUT2D eigenvalue weighted by molar-refractivity contribution is 7.12. The molecular formula is C13H15NO4S. The second kappa shape index (κ2) is 7.56. The lowest BCUT2D eigenvalue weighted by Crippen LogP contribution is -2.35. The van der Waals surface area contributed by atoms with E-state index in [0.717, 1.165) is 0 Å². The molecular weight excluding hydrogens is 266 g/mol. The van der Waals surface area contributed by atoms with Crippen LogP contribution in [0.3, 0.4) is 0 Å². The number of carbonyl (C=O) groups is 2. The van der Waals surface area contributed by atoms with Crippen LogP contribution >= 0.6 is 11.3 Å². The largest absolute Gasteiger partial charge is 0.468 e. The molecule has 1 rings (SSSR count). The number of aliphatic hydroxyl groups excluding tert-OH is 1. The van der Waals surface area contributed by atoms with E-state index in [4.69, 9.17) is 5.11 Å². The standard InChI is InChI=1S/C13H15NO4S/c1-3-14(9-11(16)18-2)13(17)12-10(5-4-7-15)6-8-19-12/h6,8,15H,3,7,9H2,1-2H3. The lowest BCUT2D eigenvalue weighted by Gasteiger charge is -2.18. The third-order valence-corrected chi connectivity index (χ3v) is 3.28. The molecule has 1 N–H and O–H groups in total. The lowest BCUT2D eigenvalue weighted by molar-refractivity contribution is -0.141. The molecule has 5 nitrogen and oxygen atoms in total. The number of nitrogens with zero attached hydrogens (tertiary/aromatic N) is 1. The Bertz CT molecular complexity index is 512. The van der Waals surface area contributed by atoms with E-state index >= 15 is 0 Å². The highest BCUT2D eigenvalue weighted by Gasteiger charge is 2.20. The summed E-state index contributed by atoms with van der Waals surface area (Å²) in [6.07, 6.45) is 0. The first kappa shape index (κ1) is 15.2. The molecule has 1 heterocycles. The fraction of sp³-hybridized carbons (Fsp3) is 0.385. The molecule has 0 spiro atoms. The summed E-state index contributed by atoms with van der Waals surface area (Å²) in [6, 6.07) is 1.71. The van der Waals surface area contributed by atoms with Gasteiger partial charge in [-0.25, -0.2) is 0 Å². The summed E-state index contributed by atoms with van der Waals surface area (Å²) >= 11 is 1.26. The molecule has 0 aliphatic rings. The smallest absolute Gasteiger partial charge is 0.325 e. The van der Waals surface area contributed by atoms with Crippen molar-refractivity contribution in [2.45, 2.75) is 6.92 Å². The van der Waals surface area contributed by atoms with Crippen molar-refractivity contribution >= 4 is 23.2 Å². The molecule has 0 unspecified atom stereocenters. The molecule has 1 aromatic heterocycles. The van der Waals surface area contributed by atoms with Gasteiger partial charge in [-0.15, -0.1) is 11.3 Å². The van der Waals surface area contributed by atoms with Crippen LogP contribution in [0.1, 0.15) is 22.2 Å². The number of likely N-dealkylation sites (N-methyl/N-ethyl adjacent to an activating group) is 1. The number of methoxy groups -OCH3 is 1. The summed E-state index contributed by atoms with van der Waals surface area (Å²) in [6.45, 7) is 1.84. The number of amides is 1. The highest BCUT2D eigenvalue weighted by atomic mass is 32.1. The summed E-state index contributed by atoms with van der Waals surface area (Å²) in [7, 11) is 1.28. The topological polar surface area (TPSA) is 66.8 Å². The normalized spacial score (nSPS) is 9.42. The Kier molecular flexibility index (Phi) is 6.06. The number of hydrogen-bond donors (Lipinski definition) is 1. The molecule has 0 saturated heterocycles. The van der Waals surface area contributed by atoms with Gasteiger partial charge in [0.25, 0.3) is 5.91 Å². The van der Waals surface area contributed by atoms with E-state index in [9.17, 15) is 9.59 Å². The maximum atomic E-state index is 12.3. The molecule has 6 heteroatoms. The van der Waals surface area contributed by atoms with Crippen LogP contribution < -0.4 is 0 Å². The summed E-state index contributed by atoms with van der Waals surface area (Å²) in [5, 5.41) is 10.4. The van der Waals surface area contributed by atoms with Crippen molar-refractivity contribution in [2.75, 3.05) is 26.8 Å². The molecule has 0 saturated carbocycles. The Morgan fingerprint density at radius 2 is 2.26 bits per heavy atom. The number of aliphatic hydroxyl groups is 1. The van der Waals surface area contributed by atoms with Gasteiger partial charge < -0.3 is 14.7 Å². The van der Waals surface area contributed by atoms with E-state index in [2.05, 4.69) is 16.6 Å². The van der Waals surface area contributed by atoms with Crippen LogP contribution in [0.15, 0.2) is 11.4 Å². The maximum Gasteiger partial charge on any atom is 0.325 e. The van der Waals surface area contributed by atoms with Crippen molar-refractivity contribution in [1.29, 1.82) is 0 Å². The quantitative estimate of drug-likeness (QED) is 0.652. The van der Waals surface area contributed by atoms with E-state index in [0.29, 0.717) is 17.0 Å². The van der Waals surface area contributed by atoms with Crippen LogP contribution in [0.2, 0.25) is 0 Å². The fourth-order valence-electron chi connectivity index (χ4n) is 1.40. The summed E-state index contributed by atoms with van der Waals surface area (Å²) in [5.74, 6) is 4.50. The molecule has 0 radical (unpaired) electrons. The van der Waals surface area contributed by atoms with Crippen LogP contribution in [-0.4, -0.2) is 48.7 Å². The second-order valence-corrected chi connectivity index (χ2v) is 4.43. The zero-order chi connectivity index (χ0) is 14.3. The van der Waals surface area contributed by atoms with Crippen molar-refractivity contribution in [3.05, 3.63) is 21.9 Å². The third kappa shape index (κ3) is 4.09. The molecule has 0 aromatic carbocycles. The third-order valence-electron chi connectivity index (χ3n) is 2.38. The number of thiophene rings is 1. The van der Waals surface area contributed by atoms with Gasteiger partial charge in [0, 0.05) is 12.1 Å². The maximum absolute atomic E-state index is 12.3. The van der Waals surface area contributed by atoms with Crippen molar-refractivity contribution in [1.82, 2.24) is 4.90 Å². The number of esters is 1. The monoisotopic (exact) mass is 281 g/mol. The van der Waals surface area contributed by atoms with Crippen molar-refractivity contribution in [3.8, 4) is 11.8 Å². The first-order valence-electron chi connectivity index (χ1n) is 5.67. The molecule has 1 aromatic rings. The van der Waals surface area contributed by atoms with Gasteiger partial charge in [-0.2, -0.15) is 0 Å². The average molecular weight is 281 g/mol. The second-order valence-electron chi connectivity index (χ2n) is 3.52. The Morgan fingerprint density at radius 1 is 1.53 bits per heavy atom. The zero-order valence-corrected chi connectivity index (χ0v) is 11.6.